The molecule has 20 heavy (non-hydrogen) atoms. The Labute approximate surface area is 110 Å². The molecule has 3 N–H and O–H groups in total. The molecule has 0 bridgehead atoms. The van der Waals surface area contributed by atoms with Crippen LogP contribution in [0.5, 0.6) is 0 Å². The van der Waals surface area contributed by atoms with Crippen LogP contribution in [-0.2, 0) is 0 Å². The molecule has 0 saturated heterocycles. The minimum atomic E-state index is -0.658. The first kappa shape index (κ1) is 12.0. The number of aromatic amines is 2. The van der Waals surface area contributed by atoms with Gasteiger partial charge in [-0.1, -0.05) is 0 Å². The Hall–Kier alpha value is -3.03. The van der Waals surface area contributed by atoms with Gasteiger partial charge in [-0.05, 0) is 18.2 Å². The van der Waals surface area contributed by atoms with Gasteiger partial charge in [0.1, 0.15) is 17.7 Å². The number of fused-ring (bicyclic) bond motifs is 1. The molecule has 0 saturated carbocycles. The molecule has 3 aromatic rings. The van der Waals surface area contributed by atoms with Crippen LogP contribution in [0.3, 0.4) is 0 Å². The fourth-order valence-electron chi connectivity index (χ4n) is 1.80. The summed E-state index contributed by atoms with van der Waals surface area (Å²) in [6.45, 7) is 0. The Kier molecular flexibility index (Phi) is 2.75. The minimum Gasteiger partial charge on any atom is -0.360 e. The highest BCUT2D eigenvalue weighted by Crippen LogP contribution is 2.10. The number of anilines is 1. The zero-order valence-corrected chi connectivity index (χ0v) is 9.98. The average molecular weight is 273 g/mol. The summed E-state index contributed by atoms with van der Waals surface area (Å²) in [5.74, 6) is -1.08. The maximum Gasteiger partial charge on any atom is 0.263 e. The van der Waals surface area contributed by atoms with Crippen LogP contribution >= 0.6 is 0 Å². The quantitative estimate of drug-likeness (QED) is 0.648. The van der Waals surface area contributed by atoms with E-state index in [2.05, 4.69) is 25.5 Å². The van der Waals surface area contributed by atoms with Crippen molar-refractivity contribution in [3.05, 3.63) is 52.3 Å². The van der Waals surface area contributed by atoms with Crippen molar-refractivity contribution in [1.82, 2.24) is 20.2 Å². The van der Waals surface area contributed by atoms with Gasteiger partial charge in [-0.3, -0.25) is 14.9 Å². The van der Waals surface area contributed by atoms with Crippen LogP contribution in [0, 0.1) is 5.82 Å². The molecule has 7 nitrogen and oxygen atoms in total. The molecule has 1 aromatic carbocycles. The first-order valence-corrected chi connectivity index (χ1v) is 5.63. The number of hydrogen-bond donors (Lipinski definition) is 3. The number of rotatable bonds is 2. The Morgan fingerprint density at radius 3 is 2.95 bits per heavy atom. The van der Waals surface area contributed by atoms with Gasteiger partial charge in [0.05, 0.1) is 0 Å². The number of hydrogen-bond acceptors (Lipinski definition) is 4. The molecular formula is C12H8FN5O2. The van der Waals surface area contributed by atoms with E-state index in [1.807, 2.05) is 0 Å². The number of carbonyl (C=O) groups excluding carboxylic acids is 1. The van der Waals surface area contributed by atoms with Crippen LogP contribution in [0.1, 0.15) is 10.4 Å². The molecule has 0 atom stereocenters. The normalized spacial score (nSPS) is 10.7. The molecule has 2 heterocycles. The van der Waals surface area contributed by atoms with Crippen molar-refractivity contribution in [3.8, 4) is 0 Å². The molecular weight excluding hydrogens is 265 g/mol. The number of amides is 1. The van der Waals surface area contributed by atoms with Gasteiger partial charge in [0.2, 0.25) is 11.4 Å². The third-order valence-electron chi connectivity index (χ3n) is 2.73. The van der Waals surface area contributed by atoms with E-state index in [1.54, 1.807) is 0 Å². The number of nitrogens with zero attached hydrogens (tertiary/aromatic N) is 2. The van der Waals surface area contributed by atoms with Gasteiger partial charge in [0.15, 0.2) is 0 Å². The Morgan fingerprint density at radius 1 is 1.35 bits per heavy atom. The highest BCUT2D eigenvalue weighted by atomic mass is 19.1. The third kappa shape index (κ3) is 2.03. The number of nitrogens with one attached hydrogen (secondary N) is 3. The van der Waals surface area contributed by atoms with Gasteiger partial charge in [-0.2, -0.15) is 10.1 Å². The Balaban J connectivity index is 2.06. The van der Waals surface area contributed by atoms with Gasteiger partial charge in [-0.25, -0.2) is 9.49 Å². The third-order valence-corrected chi connectivity index (χ3v) is 2.73. The second-order valence-corrected chi connectivity index (χ2v) is 4.01. The molecule has 2 aromatic heterocycles. The summed E-state index contributed by atoms with van der Waals surface area (Å²) < 4.78 is 13.2. The first-order valence-electron chi connectivity index (χ1n) is 5.63. The van der Waals surface area contributed by atoms with E-state index < -0.39 is 17.2 Å². The number of carbonyl (C=O) groups is 1. The molecule has 1 amide bonds. The van der Waals surface area contributed by atoms with E-state index >= 15 is 0 Å². The van der Waals surface area contributed by atoms with Crippen LogP contribution < -0.4 is 10.7 Å². The monoisotopic (exact) mass is 273 g/mol. The topological polar surface area (TPSA) is 104 Å². The van der Waals surface area contributed by atoms with Crippen LogP contribution in [-0.4, -0.2) is 26.1 Å². The van der Waals surface area contributed by atoms with Crippen molar-refractivity contribution in [2.75, 3.05) is 5.32 Å². The van der Waals surface area contributed by atoms with Crippen molar-refractivity contribution in [2.45, 2.75) is 0 Å². The van der Waals surface area contributed by atoms with Gasteiger partial charge < -0.3 is 4.98 Å². The average Bonchev–Trinajstić information content (AvgIpc) is 2.92. The Morgan fingerprint density at radius 2 is 2.20 bits per heavy atom. The molecule has 0 aliphatic heterocycles. The lowest BCUT2D eigenvalue weighted by molar-refractivity contribution is 0.102. The van der Waals surface area contributed by atoms with Gasteiger partial charge in [-0.15, -0.1) is 0 Å². The minimum absolute atomic E-state index is 0.107. The predicted octanol–water partition coefficient (Wildman–Crippen LogP) is 1.04. The summed E-state index contributed by atoms with van der Waals surface area (Å²) in [7, 11) is 0. The molecule has 0 aliphatic rings. The highest BCUT2D eigenvalue weighted by Gasteiger charge is 2.14. The Bertz CT molecular complexity index is 841. The van der Waals surface area contributed by atoms with Crippen molar-refractivity contribution in [3.63, 3.8) is 0 Å². The maximum atomic E-state index is 13.2. The van der Waals surface area contributed by atoms with E-state index in [0.29, 0.717) is 5.52 Å². The second kappa shape index (κ2) is 4.57. The lowest BCUT2D eigenvalue weighted by Gasteiger charge is -2.03. The van der Waals surface area contributed by atoms with E-state index in [9.17, 15) is 14.0 Å². The van der Waals surface area contributed by atoms with Crippen LogP contribution in [0.2, 0.25) is 0 Å². The summed E-state index contributed by atoms with van der Waals surface area (Å²) >= 11 is 0. The summed E-state index contributed by atoms with van der Waals surface area (Å²) in [6, 6.07) is 3.75. The number of H-pyrrole nitrogens is 2. The molecule has 0 aliphatic carbocycles. The number of aromatic nitrogens is 4. The molecule has 0 spiro atoms. The summed E-state index contributed by atoms with van der Waals surface area (Å²) in [4.78, 5) is 30.6. The second-order valence-electron chi connectivity index (χ2n) is 4.01. The SMILES string of the molecule is O=C(Nc1ncn[nH]1)c1c[nH]c2ccc(F)cc2c1=O. The van der Waals surface area contributed by atoms with Crippen LogP contribution in [0.15, 0.2) is 35.5 Å². The smallest absolute Gasteiger partial charge is 0.263 e. The van der Waals surface area contributed by atoms with Crippen molar-refractivity contribution >= 4 is 22.8 Å². The number of pyridine rings is 1. The standard InChI is InChI=1S/C12H8FN5O2/c13-6-1-2-9-7(3-6)10(19)8(4-14-9)11(20)17-12-15-5-16-18-12/h1-5H,(H,14,19)(H2,15,16,17,18,20). The molecule has 0 fully saturated rings. The van der Waals surface area contributed by atoms with Crippen LogP contribution in [0.25, 0.3) is 10.9 Å². The number of benzene rings is 1. The largest absolute Gasteiger partial charge is 0.360 e. The highest BCUT2D eigenvalue weighted by molar-refractivity contribution is 6.04. The summed E-state index contributed by atoms with van der Waals surface area (Å²) in [5.41, 5.74) is -0.248. The molecule has 8 heteroatoms. The zero-order valence-electron chi connectivity index (χ0n) is 9.98. The zero-order chi connectivity index (χ0) is 14.1. The van der Waals surface area contributed by atoms with E-state index in [4.69, 9.17) is 0 Å². The van der Waals surface area contributed by atoms with E-state index in [-0.39, 0.29) is 16.9 Å². The molecule has 3 rings (SSSR count). The number of halogens is 1. The van der Waals surface area contributed by atoms with Crippen molar-refractivity contribution in [1.29, 1.82) is 0 Å². The lowest BCUT2D eigenvalue weighted by atomic mass is 10.1. The van der Waals surface area contributed by atoms with Crippen molar-refractivity contribution < 1.29 is 9.18 Å². The van der Waals surface area contributed by atoms with E-state index in [0.717, 1.165) is 6.07 Å². The van der Waals surface area contributed by atoms with Gasteiger partial charge in [0, 0.05) is 17.1 Å². The summed E-state index contributed by atoms with van der Waals surface area (Å²) in [6.07, 6.45) is 2.49. The summed E-state index contributed by atoms with van der Waals surface area (Å²) in [5, 5.41) is 8.49. The van der Waals surface area contributed by atoms with E-state index in [1.165, 1.54) is 24.7 Å². The molecule has 100 valence electrons. The molecule has 0 radical (unpaired) electrons. The van der Waals surface area contributed by atoms with Gasteiger partial charge in [0.25, 0.3) is 5.91 Å². The fraction of sp³-hybridized carbons (Fsp3) is 0. The maximum absolute atomic E-state index is 13.2. The van der Waals surface area contributed by atoms with Gasteiger partial charge >= 0.3 is 0 Å². The predicted molar refractivity (Wildman–Crippen MR) is 68.9 cm³/mol. The van der Waals surface area contributed by atoms with Crippen LogP contribution in [0.4, 0.5) is 10.3 Å². The fourth-order valence-corrected chi connectivity index (χ4v) is 1.80. The first-order chi connectivity index (χ1) is 9.65. The lowest BCUT2D eigenvalue weighted by Crippen LogP contribution is -2.22. The molecule has 0 unspecified atom stereocenters. The van der Waals surface area contributed by atoms with Crippen molar-refractivity contribution in [2.24, 2.45) is 0 Å².